The van der Waals surface area contributed by atoms with Gasteiger partial charge >= 0.3 is 0 Å². The Hall–Kier alpha value is -2.88. The number of hydrogen-bond donors (Lipinski definition) is 1. The molecule has 23 heavy (non-hydrogen) atoms. The third-order valence-corrected chi connectivity index (χ3v) is 4.47. The van der Waals surface area contributed by atoms with Crippen molar-refractivity contribution >= 4 is 21.9 Å². The lowest BCUT2D eigenvalue weighted by molar-refractivity contribution is 0.611. The lowest BCUT2D eigenvalue weighted by Crippen LogP contribution is -2.12. The van der Waals surface area contributed by atoms with Crippen LogP contribution in [-0.4, -0.2) is 9.97 Å². The largest absolute Gasteiger partial charge is 0.464 e. The number of fused-ring (bicyclic) bond motifs is 2. The molecular formula is C19H16N2O2. The van der Waals surface area contributed by atoms with Crippen molar-refractivity contribution in [3.8, 4) is 11.1 Å². The molecule has 0 fully saturated rings. The number of aryl methyl sites for hydroxylation is 2. The van der Waals surface area contributed by atoms with Gasteiger partial charge in [-0.15, -0.1) is 0 Å². The molecule has 0 amide bonds. The number of aromatic amines is 1. The number of rotatable bonds is 1. The van der Waals surface area contributed by atoms with Gasteiger partial charge in [-0.2, -0.15) is 0 Å². The summed E-state index contributed by atoms with van der Waals surface area (Å²) in [5.41, 5.74) is 6.18. The lowest BCUT2D eigenvalue weighted by Gasteiger charge is -2.12. The van der Waals surface area contributed by atoms with Crippen LogP contribution >= 0.6 is 0 Å². The van der Waals surface area contributed by atoms with Gasteiger partial charge in [-0.05, 0) is 38.5 Å². The van der Waals surface area contributed by atoms with Gasteiger partial charge in [0.05, 0.1) is 11.8 Å². The molecule has 0 bridgehead atoms. The van der Waals surface area contributed by atoms with E-state index >= 15 is 0 Å². The van der Waals surface area contributed by atoms with E-state index in [0.29, 0.717) is 5.56 Å². The Kier molecular flexibility index (Phi) is 2.88. The highest BCUT2D eigenvalue weighted by atomic mass is 16.3. The quantitative estimate of drug-likeness (QED) is 0.571. The third kappa shape index (κ3) is 1.91. The minimum absolute atomic E-state index is 0.0814. The zero-order chi connectivity index (χ0) is 16.1. The average Bonchev–Trinajstić information content (AvgIpc) is 2.92. The monoisotopic (exact) mass is 304 g/mol. The van der Waals surface area contributed by atoms with E-state index in [-0.39, 0.29) is 5.56 Å². The minimum atomic E-state index is -0.0814. The molecule has 114 valence electrons. The second-order valence-corrected chi connectivity index (χ2v) is 5.92. The number of H-pyrrole nitrogens is 1. The molecule has 1 aromatic carbocycles. The predicted molar refractivity (Wildman–Crippen MR) is 91.8 cm³/mol. The standard InChI is InChI=1S/C19H16N2O2/c1-10-9-23-18-12(3)17-15(7-14(10)18)16(11(2)19(22)21-17)13-5-4-6-20-8-13/h4-9H,1-3H3,(H,21,22). The Bertz CT molecular complexity index is 1110. The smallest absolute Gasteiger partial charge is 0.251 e. The number of pyridine rings is 2. The van der Waals surface area contributed by atoms with Crippen molar-refractivity contribution in [1.29, 1.82) is 0 Å². The van der Waals surface area contributed by atoms with E-state index < -0.39 is 0 Å². The molecule has 0 spiro atoms. The van der Waals surface area contributed by atoms with Crippen LogP contribution in [0.4, 0.5) is 0 Å². The molecule has 4 aromatic rings. The molecule has 0 saturated heterocycles. The highest BCUT2D eigenvalue weighted by molar-refractivity contribution is 6.05. The fraction of sp³-hybridized carbons (Fsp3) is 0.158. The summed E-state index contributed by atoms with van der Waals surface area (Å²) < 4.78 is 5.67. The molecule has 4 nitrogen and oxygen atoms in total. The normalized spacial score (nSPS) is 11.4. The molecular weight excluding hydrogens is 288 g/mol. The van der Waals surface area contributed by atoms with Crippen LogP contribution in [0.2, 0.25) is 0 Å². The van der Waals surface area contributed by atoms with Crippen molar-refractivity contribution in [3.05, 3.63) is 63.9 Å². The zero-order valence-electron chi connectivity index (χ0n) is 13.2. The van der Waals surface area contributed by atoms with Gasteiger partial charge in [-0.3, -0.25) is 9.78 Å². The Morgan fingerprint density at radius 1 is 1.13 bits per heavy atom. The van der Waals surface area contributed by atoms with Crippen molar-refractivity contribution in [2.45, 2.75) is 20.8 Å². The molecule has 0 unspecified atom stereocenters. The van der Waals surface area contributed by atoms with E-state index in [4.69, 9.17) is 4.42 Å². The van der Waals surface area contributed by atoms with Crippen LogP contribution in [0, 0.1) is 20.8 Å². The summed E-state index contributed by atoms with van der Waals surface area (Å²) >= 11 is 0. The van der Waals surface area contributed by atoms with Gasteiger partial charge < -0.3 is 9.40 Å². The van der Waals surface area contributed by atoms with Gasteiger partial charge in [-0.25, -0.2) is 0 Å². The fourth-order valence-corrected chi connectivity index (χ4v) is 3.22. The molecule has 3 heterocycles. The van der Waals surface area contributed by atoms with Crippen LogP contribution in [0.5, 0.6) is 0 Å². The minimum Gasteiger partial charge on any atom is -0.464 e. The number of furan rings is 1. The van der Waals surface area contributed by atoms with Crippen LogP contribution < -0.4 is 5.56 Å². The summed E-state index contributed by atoms with van der Waals surface area (Å²) in [6, 6.07) is 5.97. The van der Waals surface area contributed by atoms with Crippen molar-refractivity contribution in [3.63, 3.8) is 0 Å². The van der Waals surface area contributed by atoms with E-state index in [0.717, 1.165) is 44.1 Å². The van der Waals surface area contributed by atoms with E-state index in [1.54, 1.807) is 18.7 Å². The number of hydrogen-bond acceptors (Lipinski definition) is 3. The second-order valence-electron chi connectivity index (χ2n) is 5.92. The Labute approximate surface area is 132 Å². The average molecular weight is 304 g/mol. The molecule has 0 saturated carbocycles. The molecule has 1 N–H and O–H groups in total. The molecule has 3 aromatic heterocycles. The molecule has 4 heteroatoms. The summed E-state index contributed by atoms with van der Waals surface area (Å²) in [6.45, 7) is 5.85. The molecule has 0 aliphatic rings. The number of nitrogens with zero attached hydrogens (tertiary/aromatic N) is 1. The van der Waals surface area contributed by atoms with Crippen LogP contribution in [0.25, 0.3) is 33.0 Å². The molecule has 0 radical (unpaired) electrons. The lowest BCUT2D eigenvalue weighted by atomic mass is 9.95. The van der Waals surface area contributed by atoms with Gasteiger partial charge in [0.2, 0.25) is 0 Å². The summed E-state index contributed by atoms with van der Waals surface area (Å²) in [4.78, 5) is 19.6. The number of aromatic nitrogens is 2. The molecule has 4 rings (SSSR count). The van der Waals surface area contributed by atoms with Crippen molar-refractivity contribution in [1.82, 2.24) is 9.97 Å². The van der Waals surface area contributed by atoms with E-state index in [9.17, 15) is 4.79 Å². The summed E-state index contributed by atoms with van der Waals surface area (Å²) in [7, 11) is 0. The number of nitrogens with one attached hydrogen (secondary N) is 1. The maximum Gasteiger partial charge on any atom is 0.251 e. The summed E-state index contributed by atoms with van der Waals surface area (Å²) in [5.74, 6) is 0. The van der Waals surface area contributed by atoms with Gasteiger partial charge in [0, 0.05) is 45.4 Å². The van der Waals surface area contributed by atoms with E-state index in [1.165, 1.54) is 0 Å². The SMILES string of the molecule is Cc1c(-c2cccnc2)c2cc3c(C)coc3c(C)c2[nH]c1=O. The van der Waals surface area contributed by atoms with Crippen molar-refractivity contribution in [2.24, 2.45) is 0 Å². The van der Waals surface area contributed by atoms with Crippen LogP contribution in [-0.2, 0) is 0 Å². The Morgan fingerprint density at radius 2 is 1.96 bits per heavy atom. The van der Waals surface area contributed by atoms with E-state index in [1.807, 2.05) is 32.9 Å². The molecule has 0 atom stereocenters. The highest BCUT2D eigenvalue weighted by Crippen LogP contribution is 2.35. The summed E-state index contributed by atoms with van der Waals surface area (Å²) in [5, 5.41) is 2.09. The molecule has 0 aliphatic carbocycles. The first-order valence-corrected chi connectivity index (χ1v) is 7.52. The van der Waals surface area contributed by atoms with Gasteiger partial charge in [0.25, 0.3) is 5.56 Å². The van der Waals surface area contributed by atoms with Gasteiger partial charge in [0.1, 0.15) is 5.58 Å². The Morgan fingerprint density at radius 3 is 2.70 bits per heavy atom. The third-order valence-electron chi connectivity index (χ3n) is 4.47. The van der Waals surface area contributed by atoms with Gasteiger partial charge in [0.15, 0.2) is 0 Å². The fourth-order valence-electron chi connectivity index (χ4n) is 3.22. The van der Waals surface area contributed by atoms with Crippen LogP contribution in [0.1, 0.15) is 16.7 Å². The first-order chi connectivity index (χ1) is 11.1. The number of benzene rings is 1. The first-order valence-electron chi connectivity index (χ1n) is 7.52. The zero-order valence-corrected chi connectivity index (χ0v) is 13.2. The van der Waals surface area contributed by atoms with Crippen molar-refractivity contribution in [2.75, 3.05) is 0 Å². The van der Waals surface area contributed by atoms with Gasteiger partial charge in [-0.1, -0.05) is 6.07 Å². The van der Waals surface area contributed by atoms with Crippen molar-refractivity contribution < 1.29 is 4.42 Å². The predicted octanol–water partition coefficient (Wildman–Crippen LogP) is 4.26. The van der Waals surface area contributed by atoms with Crippen LogP contribution in [0.15, 0.2) is 46.1 Å². The topological polar surface area (TPSA) is 58.9 Å². The maximum absolute atomic E-state index is 12.4. The second kappa shape index (κ2) is 4.81. The molecule has 0 aliphatic heterocycles. The first kappa shape index (κ1) is 13.8. The maximum atomic E-state index is 12.4. The Balaban J connectivity index is 2.26. The van der Waals surface area contributed by atoms with Crippen LogP contribution in [0.3, 0.4) is 0 Å². The van der Waals surface area contributed by atoms with E-state index in [2.05, 4.69) is 16.0 Å². The summed E-state index contributed by atoms with van der Waals surface area (Å²) in [6.07, 6.45) is 5.28. The highest BCUT2D eigenvalue weighted by Gasteiger charge is 2.16.